The summed E-state index contributed by atoms with van der Waals surface area (Å²) in [7, 11) is 4.67. The van der Waals surface area contributed by atoms with Crippen LogP contribution in [0, 0.1) is 0 Å². The van der Waals surface area contributed by atoms with Crippen LogP contribution >= 0.6 is 11.8 Å². The van der Waals surface area contributed by atoms with Crippen LogP contribution in [0.15, 0.2) is 53.6 Å². The van der Waals surface area contributed by atoms with E-state index in [1.165, 1.54) is 11.8 Å². The Balaban J connectivity index is 1.66. The molecule has 3 rings (SSSR count). The largest absolute Gasteiger partial charge is 0.493 e. The van der Waals surface area contributed by atoms with Crippen LogP contribution in [0.2, 0.25) is 0 Å². The van der Waals surface area contributed by atoms with Gasteiger partial charge in [-0.2, -0.15) is 0 Å². The first-order valence-electron chi connectivity index (χ1n) is 9.88. The number of rotatable bonds is 10. The zero-order valence-corrected chi connectivity index (χ0v) is 19.2. The minimum absolute atomic E-state index is 0.155. The van der Waals surface area contributed by atoms with E-state index < -0.39 is 0 Å². The van der Waals surface area contributed by atoms with Crippen molar-refractivity contribution in [2.75, 3.05) is 39.0 Å². The van der Waals surface area contributed by atoms with Crippen LogP contribution in [0.5, 0.6) is 23.0 Å². The van der Waals surface area contributed by atoms with Gasteiger partial charge in [-0.1, -0.05) is 23.9 Å². The van der Waals surface area contributed by atoms with Gasteiger partial charge in [0.1, 0.15) is 10.8 Å². The summed E-state index contributed by atoms with van der Waals surface area (Å²) < 4.78 is 21.7. The molecule has 9 heteroatoms. The molecule has 32 heavy (non-hydrogen) atoms. The summed E-state index contributed by atoms with van der Waals surface area (Å²) in [6.07, 6.45) is 0. The number of carbonyl (C=O) groups is 1. The Morgan fingerprint density at radius 2 is 1.66 bits per heavy atom. The second-order valence-corrected chi connectivity index (χ2v) is 7.43. The van der Waals surface area contributed by atoms with E-state index in [1.807, 2.05) is 37.3 Å². The van der Waals surface area contributed by atoms with E-state index in [0.29, 0.717) is 46.0 Å². The quantitative estimate of drug-likeness (QED) is 0.453. The van der Waals surface area contributed by atoms with Crippen molar-refractivity contribution in [2.45, 2.75) is 11.9 Å². The first-order chi connectivity index (χ1) is 15.6. The Kier molecular flexibility index (Phi) is 8.15. The molecule has 0 aliphatic carbocycles. The minimum atomic E-state index is -0.155. The fourth-order valence-electron chi connectivity index (χ4n) is 2.96. The van der Waals surface area contributed by atoms with E-state index in [2.05, 4.69) is 15.5 Å². The van der Waals surface area contributed by atoms with Crippen LogP contribution in [0.4, 0.5) is 5.69 Å². The molecule has 1 aromatic heterocycles. The summed E-state index contributed by atoms with van der Waals surface area (Å²) in [6, 6.07) is 14.6. The Bertz CT molecular complexity index is 1030. The Morgan fingerprint density at radius 3 is 2.25 bits per heavy atom. The molecule has 1 amide bonds. The van der Waals surface area contributed by atoms with Crippen LogP contribution in [-0.2, 0) is 4.79 Å². The standard InChI is InChI=1S/C23H25N3O5S/c1-5-31-18-9-7-6-8-17(18)24-21(27)14-32-22-11-10-16(25-26-22)15-12-19(28-2)23(30-4)20(13-15)29-3/h6-13H,5,14H2,1-4H3,(H,24,27). The first-order valence-corrected chi connectivity index (χ1v) is 10.9. The van der Waals surface area contributed by atoms with Gasteiger partial charge in [-0.3, -0.25) is 4.79 Å². The maximum Gasteiger partial charge on any atom is 0.234 e. The lowest BCUT2D eigenvalue weighted by molar-refractivity contribution is -0.113. The molecule has 2 aromatic carbocycles. The molecule has 0 saturated heterocycles. The maximum absolute atomic E-state index is 12.4. The van der Waals surface area contributed by atoms with Gasteiger partial charge in [-0.25, -0.2) is 0 Å². The van der Waals surface area contributed by atoms with Crippen molar-refractivity contribution in [2.24, 2.45) is 0 Å². The van der Waals surface area contributed by atoms with Crippen molar-refractivity contribution in [1.29, 1.82) is 0 Å². The molecule has 1 heterocycles. The molecule has 0 radical (unpaired) electrons. The van der Waals surface area contributed by atoms with E-state index >= 15 is 0 Å². The molecular formula is C23H25N3O5S. The lowest BCUT2D eigenvalue weighted by Crippen LogP contribution is -2.15. The van der Waals surface area contributed by atoms with Gasteiger partial charge in [-0.05, 0) is 43.3 Å². The molecule has 0 spiro atoms. The van der Waals surface area contributed by atoms with E-state index in [9.17, 15) is 4.79 Å². The third-order valence-corrected chi connectivity index (χ3v) is 5.33. The zero-order chi connectivity index (χ0) is 22.9. The van der Waals surface area contributed by atoms with Crippen LogP contribution in [0.3, 0.4) is 0 Å². The number of anilines is 1. The molecule has 0 atom stereocenters. The van der Waals surface area contributed by atoms with Crippen molar-refractivity contribution in [3.63, 3.8) is 0 Å². The fourth-order valence-corrected chi connectivity index (χ4v) is 3.57. The lowest BCUT2D eigenvalue weighted by atomic mass is 10.1. The van der Waals surface area contributed by atoms with E-state index in [0.717, 1.165) is 5.56 Å². The van der Waals surface area contributed by atoms with Crippen molar-refractivity contribution in [3.8, 4) is 34.3 Å². The maximum atomic E-state index is 12.4. The smallest absolute Gasteiger partial charge is 0.234 e. The van der Waals surface area contributed by atoms with Gasteiger partial charge in [0.25, 0.3) is 0 Å². The third-order valence-electron chi connectivity index (χ3n) is 4.41. The molecule has 8 nitrogen and oxygen atoms in total. The average molecular weight is 456 g/mol. The summed E-state index contributed by atoms with van der Waals surface area (Å²) in [5.41, 5.74) is 2.06. The molecule has 1 N–H and O–H groups in total. The number of nitrogens with zero attached hydrogens (tertiary/aromatic N) is 2. The Labute approximate surface area is 191 Å². The molecule has 0 bridgehead atoms. The van der Waals surface area contributed by atoms with Gasteiger partial charge < -0.3 is 24.3 Å². The number of hydrogen-bond donors (Lipinski definition) is 1. The van der Waals surface area contributed by atoms with Gasteiger partial charge in [0, 0.05) is 5.56 Å². The van der Waals surface area contributed by atoms with E-state index in [4.69, 9.17) is 18.9 Å². The van der Waals surface area contributed by atoms with Crippen molar-refractivity contribution < 1.29 is 23.7 Å². The van der Waals surface area contributed by atoms with Crippen LogP contribution in [0.1, 0.15) is 6.92 Å². The minimum Gasteiger partial charge on any atom is -0.493 e. The number of benzene rings is 2. The number of aromatic nitrogens is 2. The molecule has 0 unspecified atom stereocenters. The molecule has 3 aromatic rings. The Morgan fingerprint density at radius 1 is 0.938 bits per heavy atom. The van der Waals surface area contributed by atoms with Gasteiger partial charge in [-0.15, -0.1) is 10.2 Å². The summed E-state index contributed by atoms with van der Waals surface area (Å²) >= 11 is 1.30. The van der Waals surface area contributed by atoms with Crippen molar-refractivity contribution in [1.82, 2.24) is 10.2 Å². The number of ether oxygens (including phenoxy) is 4. The molecule has 0 aliphatic rings. The van der Waals surface area contributed by atoms with Crippen LogP contribution in [-0.4, -0.2) is 49.8 Å². The molecule has 0 saturated carbocycles. The highest BCUT2D eigenvalue weighted by Crippen LogP contribution is 2.40. The topological polar surface area (TPSA) is 91.8 Å². The van der Waals surface area contributed by atoms with Crippen LogP contribution < -0.4 is 24.3 Å². The van der Waals surface area contributed by atoms with Crippen molar-refractivity contribution in [3.05, 3.63) is 48.5 Å². The summed E-state index contributed by atoms with van der Waals surface area (Å²) in [5.74, 6) is 2.26. The van der Waals surface area contributed by atoms with Gasteiger partial charge in [0.05, 0.1) is 45.1 Å². The van der Waals surface area contributed by atoms with Gasteiger partial charge >= 0.3 is 0 Å². The van der Waals surface area contributed by atoms with E-state index in [1.54, 1.807) is 39.5 Å². The first kappa shape index (κ1) is 23.2. The summed E-state index contributed by atoms with van der Waals surface area (Å²) in [6.45, 7) is 2.42. The fraction of sp³-hybridized carbons (Fsp3) is 0.261. The summed E-state index contributed by atoms with van der Waals surface area (Å²) in [5, 5.41) is 12.0. The predicted molar refractivity (Wildman–Crippen MR) is 124 cm³/mol. The predicted octanol–water partition coefficient (Wildman–Crippen LogP) is 4.30. The number of amides is 1. The van der Waals surface area contributed by atoms with Gasteiger partial charge in [0.15, 0.2) is 11.5 Å². The molecule has 0 aliphatic heterocycles. The lowest BCUT2D eigenvalue weighted by Gasteiger charge is -2.13. The normalized spacial score (nSPS) is 10.4. The second-order valence-electron chi connectivity index (χ2n) is 6.44. The highest BCUT2D eigenvalue weighted by Gasteiger charge is 2.15. The number of hydrogen-bond acceptors (Lipinski definition) is 8. The molecular weight excluding hydrogens is 430 g/mol. The molecule has 168 valence electrons. The molecule has 0 fully saturated rings. The second kappa shape index (κ2) is 11.2. The zero-order valence-electron chi connectivity index (χ0n) is 18.4. The van der Waals surface area contributed by atoms with Gasteiger partial charge in [0.2, 0.25) is 11.7 Å². The SMILES string of the molecule is CCOc1ccccc1NC(=O)CSc1ccc(-c2cc(OC)c(OC)c(OC)c2)nn1. The van der Waals surface area contributed by atoms with Crippen molar-refractivity contribution >= 4 is 23.4 Å². The monoisotopic (exact) mass is 455 g/mol. The summed E-state index contributed by atoms with van der Waals surface area (Å²) in [4.78, 5) is 12.4. The number of carbonyl (C=O) groups excluding carboxylic acids is 1. The Hall–Kier alpha value is -3.46. The van der Waals surface area contributed by atoms with E-state index in [-0.39, 0.29) is 11.7 Å². The number of nitrogens with one attached hydrogen (secondary N) is 1. The number of methoxy groups -OCH3 is 3. The third kappa shape index (κ3) is 5.61. The highest BCUT2D eigenvalue weighted by molar-refractivity contribution is 7.99. The highest BCUT2D eigenvalue weighted by atomic mass is 32.2. The van der Waals surface area contributed by atoms with Crippen LogP contribution in [0.25, 0.3) is 11.3 Å². The number of thioether (sulfide) groups is 1. The average Bonchev–Trinajstić information content (AvgIpc) is 2.83. The number of para-hydroxylation sites is 2.